The number of ether oxygens (including phenoxy) is 1. The maximum atomic E-state index is 12.6. The van der Waals surface area contributed by atoms with Gasteiger partial charge in [-0.05, 0) is 24.3 Å². The van der Waals surface area contributed by atoms with Crippen LogP contribution in [0.1, 0.15) is 22.2 Å². The zero-order chi connectivity index (χ0) is 20.9. The number of hydrogen-bond acceptors (Lipinski definition) is 7. The largest absolute Gasteiger partial charge is 0.468 e. The van der Waals surface area contributed by atoms with E-state index < -0.39 is 10.0 Å². The molecule has 1 aliphatic rings. The van der Waals surface area contributed by atoms with Crippen LogP contribution in [0.5, 0.6) is 0 Å². The summed E-state index contributed by atoms with van der Waals surface area (Å²) in [5, 5.41) is 3.20. The lowest BCUT2D eigenvalue weighted by Gasteiger charge is -2.33. The lowest BCUT2D eigenvalue weighted by molar-refractivity contribution is 0.0117. The third-order valence-electron chi connectivity index (χ3n) is 4.92. The molecule has 1 aromatic heterocycles. The summed E-state index contributed by atoms with van der Waals surface area (Å²) in [5.74, 6) is 0.673. The van der Waals surface area contributed by atoms with Gasteiger partial charge in [-0.2, -0.15) is 0 Å². The molecule has 29 heavy (non-hydrogen) atoms. The Labute approximate surface area is 171 Å². The first-order chi connectivity index (χ1) is 13.9. The van der Waals surface area contributed by atoms with Crippen LogP contribution >= 0.6 is 0 Å². The van der Waals surface area contributed by atoms with Crippen LogP contribution in [0.25, 0.3) is 0 Å². The van der Waals surface area contributed by atoms with Gasteiger partial charge in [-0.3, -0.25) is 9.69 Å². The molecular formula is C20H27N3O5S. The van der Waals surface area contributed by atoms with Gasteiger partial charge in [0.15, 0.2) is 5.78 Å². The third-order valence-corrected chi connectivity index (χ3v) is 6.73. The second-order valence-corrected chi connectivity index (χ2v) is 9.20. The van der Waals surface area contributed by atoms with E-state index in [4.69, 9.17) is 9.15 Å². The maximum absolute atomic E-state index is 12.6. The van der Waals surface area contributed by atoms with Crippen molar-refractivity contribution in [1.82, 2.24) is 14.5 Å². The summed E-state index contributed by atoms with van der Waals surface area (Å²) in [4.78, 5) is 15.0. The van der Waals surface area contributed by atoms with Crippen LogP contribution in [0.4, 0.5) is 0 Å². The first-order valence-corrected chi connectivity index (χ1v) is 11.0. The van der Waals surface area contributed by atoms with E-state index in [-0.39, 0.29) is 23.3 Å². The van der Waals surface area contributed by atoms with Crippen LogP contribution in [0.2, 0.25) is 0 Å². The van der Waals surface area contributed by atoms with Crippen molar-refractivity contribution in [3.05, 3.63) is 54.0 Å². The third kappa shape index (κ3) is 5.31. The predicted octanol–water partition coefficient (Wildman–Crippen LogP) is 1.38. The molecule has 0 aliphatic carbocycles. The Hall–Kier alpha value is -2.04. The number of benzene rings is 1. The standard InChI is InChI=1S/C20H27N3O5S/c1-22(2)29(25,26)17-6-3-5-16(13-17)19(24)15-21-14-18(20-7-4-10-28-20)23-8-11-27-12-9-23/h3-7,10,13,18,21H,8-9,11-12,14-15H2,1-2H3. The molecule has 1 aromatic carbocycles. The van der Waals surface area contributed by atoms with Crippen molar-refractivity contribution in [2.75, 3.05) is 53.5 Å². The fourth-order valence-electron chi connectivity index (χ4n) is 3.24. The molecule has 1 aliphatic heterocycles. The SMILES string of the molecule is CN(C)S(=O)(=O)c1cccc(C(=O)CNCC(c2ccco2)N2CCOCC2)c1. The van der Waals surface area contributed by atoms with Crippen LogP contribution in [0, 0.1) is 0 Å². The summed E-state index contributed by atoms with van der Waals surface area (Å²) in [5.41, 5.74) is 0.362. The highest BCUT2D eigenvalue weighted by atomic mass is 32.2. The number of Topliss-reactive ketones (excluding diaryl/α,β-unsaturated/α-hetero) is 1. The fraction of sp³-hybridized carbons (Fsp3) is 0.450. The lowest BCUT2D eigenvalue weighted by Crippen LogP contribution is -2.43. The quantitative estimate of drug-likeness (QED) is 0.612. The van der Waals surface area contributed by atoms with E-state index in [1.54, 1.807) is 18.4 Å². The van der Waals surface area contributed by atoms with E-state index in [2.05, 4.69) is 10.2 Å². The highest BCUT2D eigenvalue weighted by Crippen LogP contribution is 2.22. The topological polar surface area (TPSA) is 92.1 Å². The molecule has 8 nitrogen and oxygen atoms in total. The summed E-state index contributed by atoms with van der Waals surface area (Å²) in [6, 6.07) is 9.91. The van der Waals surface area contributed by atoms with Gasteiger partial charge in [0.25, 0.3) is 0 Å². The molecule has 0 spiro atoms. The smallest absolute Gasteiger partial charge is 0.242 e. The molecule has 0 bridgehead atoms. The van der Waals surface area contributed by atoms with E-state index in [0.717, 1.165) is 23.2 Å². The van der Waals surface area contributed by atoms with Gasteiger partial charge in [-0.15, -0.1) is 0 Å². The monoisotopic (exact) mass is 421 g/mol. The number of carbonyl (C=O) groups is 1. The molecule has 0 saturated carbocycles. The Morgan fingerprint density at radius 2 is 1.97 bits per heavy atom. The molecule has 2 heterocycles. The molecule has 0 amide bonds. The average Bonchev–Trinajstić information content (AvgIpc) is 3.26. The van der Waals surface area contributed by atoms with Gasteiger partial charge in [-0.25, -0.2) is 12.7 Å². The summed E-state index contributed by atoms with van der Waals surface area (Å²) in [6.07, 6.45) is 1.64. The van der Waals surface area contributed by atoms with Gasteiger partial charge in [-0.1, -0.05) is 12.1 Å². The molecule has 1 fully saturated rings. The van der Waals surface area contributed by atoms with E-state index in [1.165, 1.54) is 26.2 Å². The van der Waals surface area contributed by atoms with Crippen LogP contribution in [-0.4, -0.2) is 76.9 Å². The van der Waals surface area contributed by atoms with Crippen LogP contribution in [0.15, 0.2) is 52.0 Å². The summed E-state index contributed by atoms with van der Waals surface area (Å²) >= 11 is 0. The Kier molecular flexibility index (Phi) is 7.20. The zero-order valence-corrected chi connectivity index (χ0v) is 17.5. The molecule has 158 valence electrons. The zero-order valence-electron chi connectivity index (χ0n) is 16.7. The van der Waals surface area contributed by atoms with Crippen LogP contribution in [0.3, 0.4) is 0 Å². The molecule has 1 N–H and O–H groups in total. The number of sulfonamides is 1. The first kappa shape index (κ1) is 21.7. The number of morpholine rings is 1. The minimum absolute atomic E-state index is 0.00199. The lowest BCUT2D eigenvalue weighted by atomic mass is 10.1. The highest BCUT2D eigenvalue weighted by Gasteiger charge is 2.25. The number of nitrogens with one attached hydrogen (secondary N) is 1. The van der Waals surface area contributed by atoms with E-state index in [1.807, 2.05) is 12.1 Å². The number of nitrogens with zero attached hydrogens (tertiary/aromatic N) is 2. The fourth-order valence-corrected chi connectivity index (χ4v) is 4.19. The minimum atomic E-state index is -3.58. The van der Waals surface area contributed by atoms with Crippen molar-refractivity contribution in [3.8, 4) is 0 Å². The normalized spacial score (nSPS) is 16.8. The van der Waals surface area contributed by atoms with Crippen molar-refractivity contribution in [2.45, 2.75) is 10.9 Å². The molecule has 1 unspecified atom stereocenters. The molecule has 1 saturated heterocycles. The first-order valence-electron chi connectivity index (χ1n) is 9.51. The second kappa shape index (κ2) is 9.64. The van der Waals surface area contributed by atoms with Gasteiger partial charge in [0, 0.05) is 39.3 Å². The van der Waals surface area contributed by atoms with Crippen LogP contribution in [-0.2, 0) is 14.8 Å². The molecule has 0 radical (unpaired) electrons. The average molecular weight is 422 g/mol. The summed E-state index contributed by atoms with van der Waals surface area (Å²) in [6.45, 7) is 3.57. The van der Waals surface area contributed by atoms with Gasteiger partial charge in [0.05, 0.1) is 37.0 Å². The van der Waals surface area contributed by atoms with E-state index in [9.17, 15) is 13.2 Å². The molecule has 9 heteroatoms. The molecule has 3 rings (SSSR count). The minimum Gasteiger partial charge on any atom is -0.468 e. The molecule has 2 aromatic rings. The van der Waals surface area contributed by atoms with E-state index in [0.29, 0.717) is 25.3 Å². The summed E-state index contributed by atoms with van der Waals surface area (Å²) in [7, 11) is -0.653. The number of hydrogen-bond donors (Lipinski definition) is 1. The highest BCUT2D eigenvalue weighted by molar-refractivity contribution is 7.89. The van der Waals surface area contributed by atoms with Crippen molar-refractivity contribution < 1.29 is 22.4 Å². The van der Waals surface area contributed by atoms with Gasteiger partial charge in [0.1, 0.15) is 5.76 Å². The van der Waals surface area contributed by atoms with Gasteiger partial charge in [0.2, 0.25) is 10.0 Å². The number of furan rings is 1. The number of carbonyl (C=O) groups excluding carboxylic acids is 1. The Morgan fingerprint density at radius 3 is 2.62 bits per heavy atom. The van der Waals surface area contributed by atoms with Crippen molar-refractivity contribution >= 4 is 15.8 Å². The van der Waals surface area contributed by atoms with Crippen molar-refractivity contribution in [3.63, 3.8) is 0 Å². The van der Waals surface area contributed by atoms with Crippen molar-refractivity contribution in [1.29, 1.82) is 0 Å². The predicted molar refractivity (Wildman–Crippen MR) is 108 cm³/mol. The Morgan fingerprint density at radius 1 is 1.21 bits per heavy atom. The Bertz CT molecular complexity index is 906. The van der Waals surface area contributed by atoms with Crippen LogP contribution < -0.4 is 5.32 Å². The van der Waals surface area contributed by atoms with Crippen molar-refractivity contribution in [2.24, 2.45) is 0 Å². The summed E-state index contributed by atoms with van der Waals surface area (Å²) < 4.78 is 36.7. The van der Waals surface area contributed by atoms with Gasteiger partial charge < -0.3 is 14.5 Å². The van der Waals surface area contributed by atoms with E-state index >= 15 is 0 Å². The second-order valence-electron chi connectivity index (χ2n) is 7.05. The van der Waals surface area contributed by atoms with Gasteiger partial charge >= 0.3 is 0 Å². The molecular weight excluding hydrogens is 394 g/mol. The number of ketones is 1. The number of rotatable bonds is 9. The Balaban J connectivity index is 1.64. The molecule has 1 atom stereocenters. The maximum Gasteiger partial charge on any atom is 0.242 e.